The van der Waals surface area contributed by atoms with Gasteiger partial charge in [-0.2, -0.15) is 0 Å². The van der Waals surface area contributed by atoms with E-state index >= 15 is 0 Å². The number of anilines is 1. The molecule has 0 aliphatic carbocycles. The largest absolute Gasteiger partial charge is 0.465 e. The molecule has 1 heterocycles. The quantitative estimate of drug-likeness (QED) is 0.392. The minimum Gasteiger partial charge on any atom is -0.465 e. The molecule has 0 fully saturated rings. The zero-order valence-electron chi connectivity index (χ0n) is 15.6. The van der Waals surface area contributed by atoms with Crippen LogP contribution < -0.4 is 4.90 Å². The van der Waals surface area contributed by atoms with Crippen molar-refractivity contribution >= 4 is 40.9 Å². The zero-order chi connectivity index (χ0) is 20.6. The highest BCUT2D eigenvalue weighted by Crippen LogP contribution is 2.24. The molecule has 7 nitrogen and oxygen atoms in total. The van der Waals surface area contributed by atoms with Crippen LogP contribution >= 0.6 is 23.4 Å². The maximum absolute atomic E-state index is 12.8. The van der Waals surface area contributed by atoms with Crippen LogP contribution in [0.2, 0.25) is 5.02 Å². The molecule has 1 amide bonds. The van der Waals surface area contributed by atoms with E-state index < -0.39 is 5.97 Å². The molecule has 0 saturated heterocycles. The first kappa shape index (κ1) is 20.9. The molecule has 1 aromatic heterocycles. The number of carbonyl (C=O) groups excluding carboxylic acids is 2. The molecule has 0 N–H and O–H groups in total. The lowest BCUT2D eigenvalue weighted by molar-refractivity contribution is -0.142. The number of thioether (sulfide) groups is 1. The Kier molecular flexibility index (Phi) is 7.26. The second kappa shape index (κ2) is 10.1. The van der Waals surface area contributed by atoms with E-state index in [1.807, 2.05) is 30.3 Å². The monoisotopic (exact) mass is 431 g/mol. The van der Waals surface area contributed by atoms with Crippen molar-refractivity contribution in [3.63, 3.8) is 0 Å². The first-order valence-corrected chi connectivity index (χ1v) is 10.2. The Bertz CT molecular complexity index is 963. The lowest BCUT2D eigenvalue weighted by Crippen LogP contribution is -2.37. The highest BCUT2D eigenvalue weighted by Gasteiger charge is 2.21. The summed E-state index contributed by atoms with van der Waals surface area (Å²) in [7, 11) is 0. The van der Waals surface area contributed by atoms with E-state index in [1.54, 1.807) is 31.2 Å². The highest BCUT2D eigenvalue weighted by molar-refractivity contribution is 7.99. The lowest BCUT2D eigenvalue weighted by Gasteiger charge is -2.21. The third-order valence-electron chi connectivity index (χ3n) is 3.78. The molecule has 3 aromatic rings. The van der Waals surface area contributed by atoms with Gasteiger partial charge in [0.25, 0.3) is 5.22 Å². The Morgan fingerprint density at radius 3 is 2.52 bits per heavy atom. The highest BCUT2D eigenvalue weighted by atomic mass is 35.5. The maximum atomic E-state index is 12.8. The Morgan fingerprint density at radius 1 is 1.10 bits per heavy atom. The fraction of sp³-hybridized carbons (Fsp3) is 0.200. The van der Waals surface area contributed by atoms with E-state index in [1.165, 1.54) is 4.90 Å². The van der Waals surface area contributed by atoms with Gasteiger partial charge in [-0.05, 0) is 43.3 Å². The number of halogens is 1. The second-order valence-electron chi connectivity index (χ2n) is 5.79. The fourth-order valence-electron chi connectivity index (χ4n) is 2.45. The van der Waals surface area contributed by atoms with Crippen molar-refractivity contribution in [3.8, 4) is 11.5 Å². The minimum absolute atomic E-state index is 0.0124. The number of nitrogens with zero attached hydrogens (tertiary/aromatic N) is 3. The number of hydrogen-bond acceptors (Lipinski definition) is 7. The molecule has 0 atom stereocenters. The summed E-state index contributed by atoms with van der Waals surface area (Å²) in [6.07, 6.45) is 0. The topological polar surface area (TPSA) is 85.5 Å². The van der Waals surface area contributed by atoms with E-state index in [0.29, 0.717) is 16.6 Å². The molecule has 0 aliphatic rings. The Morgan fingerprint density at radius 2 is 1.83 bits per heavy atom. The predicted octanol–water partition coefficient (Wildman–Crippen LogP) is 4.08. The molecule has 3 rings (SSSR count). The van der Waals surface area contributed by atoms with Crippen LogP contribution in [0.1, 0.15) is 6.92 Å². The van der Waals surface area contributed by atoms with E-state index in [2.05, 4.69) is 10.2 Å². The SMILES string of the molecule is CCOC(=O)CN(C(=O)CSc1nnc(-c2ccccc2)o1)c1ccc(Cl)cc1. The third kappa shape index (κ3) is 5.82. The van der Waals surface area contributed by atoms with Crippen LogP contribution in [-0.2, 0) is 14.3 Å². The summed E-state index contributed by atoms with van der Waals surface area (Å²) in [5.74, 6) is -0.408. The van der Waals surface area contributed by atoms with E-state index in [0.717, 1.165) is 17.3 Å². The zero-order valence-corrected chi connectivity index (χ0v) is 17.2. The van der Waals surface area contributed by atoms with Crippen molar-refractivity contribution in [2.24, 2.45) is 0 Å². The summed E-state index contributed by atoms with van der Waals surface area (Å²) < 4.78 is 10.6. The molecule has 0 saturated carbocycles. The van der Waals surface area contributed by atoms with Crippen LogP contribution in [0.4, 0.5) is 5.69 Å². The van der Waals surface area contributed by atoms with Crippen molar-refractivity contribution in [2.75, 3.05) is 23.8 Å². The number of esters is 1. The van der Waals surface area contributed by atoms with Crippen molar-refractivity contribution in [2.45, 2.75) is 12.1 Å². The molecule has 2 aromatic carbocycles. The summed E-state index contributed by atoms with van der Waals surface area (Å²) >= 11 is 7.02. The van der Waals surface area contributed by atoms with Gasteiger partial charge in [0.1, 0.15) is 6.54 Å². The molecule has 0 bridgehead atoms. The van der Waals surface area contributed by atoms with Gasteiger partial charge in [0.15, 0.2) is 0 Å². The van der Waals surface area contributed by atoms with Crippen molar-refractivity contribution < 1.29 is 18.7 Å². The molecule has 9 heteroatoms. The normalized spacial score (nSPS) is 10.6. The van der Waals surface area contributed by atoms with Gasteiger partial charge < -0.3 is 14.1 Å². The van der Waals surface area contributed by atoms with Crippen LogP contribution in [-0.4, -0.2) is 41.0 Å². The summed E-state index contributed by atoms with van der Waals surface area (Å²) in [5, 5.41) is 8.76. The van der Waals surface area contributed by atoms with Gasteiger partial charge in [-0.15, -0.1) is 10.2 Å². The molecular weight excluding hydrogens is 414 g/mol. The predicted molar refractivity (Wildman–Crippen MR) is 111 cm³/mol. The number of amides is 1. The number of benzene rings is 2. The number of hydrogen-bond donors (Lipinski definition) is 0. The van der Waals surface area contributed by atoms with E-state index in [4.69, 9.17) is 20.8 Å². The van der Waals surface area contributed by atoms with Gasteiger partial charge >= 0.3 is 5.97 Å². The average Bonchev–Trinajstić information content (AvgIpc) is 3.21. The summed E-state index contributed by atoms with van der Waals surface area (Å²) in [5.41, 5.74) is 1.34. The van der Waals surface area contributed by atoms with Gasteiger partial charge in [0.2, 0.25) is 11.8 Å². The first-order valence-electron chi connectivity index (χ1n) is 8.80. The maximum Gasteiger partial charge on any atom is 0.326 e. The van der Waals surface area contributed by atoms with Gasteiger partial charge in [0, 0.05) is 16.3 Å². The van der Waals surface area contributed by atoms with Crippen molar-refractivity contribution in [3.05, 3.63) is 59.6 Å². The van der Waals surface area contributed by atoms with Gasteiger partial charge in [-0.1, -0.05) is 41.6 Å². The Hall–Kier alpha value is -2.84. The average molecular weight is 432 g/mol. The molecule has 29 heavy (non-hydrogen) atoms. The minimum atomic E-state index is -0.495. The third-order valence-corrected chi connectivity index (χ3v) is 4.83. The van der Waals surface area contributed by atoms with E-state index in [9.17, 15) is 9.59 Å². The van der Waals surface area contributed by atoms with Crippen LogP contribution in [0.3, 0.4) is 0 Å². The number of carbonyl (C=O) groups is 2. The van der Waals surface area contributed by atoms with E-state index in [-0.39, 0.29) is 30.0 Å². The summed E-state index contributed by atoms with van der Waals surface area (Å²) in [6.45, 7) is 1.75. The lowest BCUT2D eigenvalue weighted by atomic mass is 10.2. The second-order valence-corrected chi connectivity index (χ2v) is 7.15. The molecule has 0 unspecified atom stereocenters. The van der Waals surface area contributed by atoms with Crippen LogP contribution in [0.5, 0.6) is 0 Å². The Balaban J connectivity index is 1.68. The number of aromatic nitrogens is 2. The van der Waals surface area contributed by atoms with Gasteiger partial charge in [0.05, 0.1) is 12.4 Å². The number of rotatable bonds is 8. The molecule has 150 valence electrons. The molecule has 0 aliphatic heterocycles. The molecular formula is C20H18ClN3O4S. The van der Waals surface area contributed by atoms with Gasteiger partial charge in [-0.25, -0.2) is 0 Å². The van der Waals surface area contributed by atoms with Crippen LogP contribution in [0, 0.1) is 0 Å². The fourth-order valence-corrected chi connectivity index (χ4v) is 3.21. The van der Waals surface area contributed by atoms with Crippen molar-refractivity contribution in [1.82, 2.24) is 10.2 Å². The Labute approximate surface area is 177 Å². The smallest absolute Gasteiger partial charge is 0.326 e. The standard InChI is InChI=1S/C20H18ClN3O4S/c1-2-27-18(26)12-24(16-10-8-15(21)9-11-16)17(25)13-29-20-23-22-19(28-20)14-6-4-3-5-7-14/h3-11H,2,12-13H2,1H3. The molecule has 0 spiro atoms. The number of ether oxygens (including phenoxy) is 1. The van der Waals surface area contributed by atoms with Crippen molar-refractivity contribution in [1.29, 1.82) is 0 Å². The van der Waals surface area contributed by atoms with Gasteiger partial charge in [-0.3, -0.25) is 9.59 Å². The van der Waals surface area contributed by atoms with Crippen LogP contribution in [0.15, 0.2) is 64.2 Å². The van der Waals surface area contributed by atoms with Crippen LogP contribution in [0.25, 0.3) is 11.5 Å². The molecule has 0 radical (unpaired) electrons. The summed E-state index contributed by atoms with van der Waals surface area (Å²) in [6, 6.07) is 16.0. The first-order chi connectivity index (χ1) is 14.1. The summed E-state index contributed by atoms with van der Waals surface area (Å²) in [4.78, 5) is 26.1.